The highest BCUT2D eigenvalue weighted by Crippen LogP contribution is 2.30. The first-order chi connectivity index (χ1) is 11.2. The molecule has 0 aliphatic carbocycles. The Labute approximate surface area is 137 Å². The highest BCUT2D eigenvalue weighted by molar-refractivity contribution is 5.94. The van der Waals surface area contributed by atoms with Gasteiger partial charge in [0.05, 0.1) is 0 Å². The quantitative estimate of drug-likeness (QED) is 0.847. The number of rotatable bonds is 5. The molecule has 0 aromatic heterocycles. The zero-order valence-electron chi connectivity index (χ0n) is 13.8. The summed E-state index contributed by atoms with van der Waals surface area (Å²) in [5, 5.41) is 2.99. The molecule has 0 saturated carbocycles. The first-order valence-electron chi connectivity index (χ1n) is 8.62. The van der Waals surface area contributed by atoms with Crippen LogP contribution in [-0.2, 0) is 0 Å². The molecule has 1 amide bonds. The average molecular weight is 318 g/mol. The summed E-state index contributed by atoms with van der Waals surface area (Å²) < 4.78 is 11.0. The lowest BCUT2D eigenvalue weighted by molar-refractivity contribution is 0.0949. The lowest BCUT2D eigenvalue weighted by Gasteiger charge is -2.30. The van der Waals surface area contributed by atoms with E-state index in [-0.39, 0.29) is 5.91 Å². The predicted molar refractivity (Wildman–Crippen MR) is 89.2 cm³/mol. The molecule has 1 aromatic carbocycles. The smallest absolute Gasteiger partial charge is 0.251 e. The van der Waals surface area contributed by atoms with Crippen molar-refractivity contribution in [3.05, 3.63) is 23.8 Å². The molecule has 2 aliphatic rings. The molecule has 5 heteroatoms. The standard InChI is InChI=1S/C18H26N2O3/c1-14-4-2-8-20(13-14)9-3-7-19-18(21)15-5-6-16-17(12-15)23-11-10-22-16/h5-6,12,14H,2-4,7-11,13H2,1H3,(H,19,21)/t14-/m0/s1. The van der Waals surface area contributed by atoms with Crippen molar-refractivity contribution in [1.29, 1.82) is 0 Å². The number of benzene rings is 1. The van der Waals surface area contributed by atoms with E-state index in [9.17, 15) is 4.79 Å². The number of nitrogens with zero attached hydrogens (tertiary/aromatic N) is 1. The summed E-state index contributed by atoms with van der Waals surface area (Å²) in [7, 11) is 0. The Morgan fingerprint density at radius 1 is 1.30 bits per heavy atom. The van der Waals surface area contributed by atoms with Gasteiger partial charge in [-0.15, -0.1) is 0 Å². The minimum Gasteiger partial charge on any atom is -0.486 e. The molecule has 1 fully saturated rings. The van der Waals surface area contributed by atoms with Crippen LogP contribution in [0.15, 0.2) is 18.2 Å². The van der Waals surface area contributed by atoms with Crippen molar-refractivity contribution < 1.29 is 14.3 Å². The fourth-order valence-corrected chi connectivity index (χ4v) is 3.28. The van der Waals surface area contributed by atoms with Gasteiger partial charge in [0.15, 0.2) is 11.5 Å². The van der Waals surface area contributed by atoms with Gasteiger partial charge in [0.25, 0.3) is 5.91 Å². The number of nitrogens with one attached hydrogen (secondary N) is 1. The van der Waals surface area contributed by atoms with E-state index in [0.29, 0.717) is 36.8 Å². The van der Waals surface area contributed by atoms with Crippen LogP contribution >= 0.6 is 0 Å². The topological polar surface area (TPSA) is 50.8 Å². The van der Waals surface area contributed by atoms with Gasteiger partial charge in [0, 0.05) is 18.7 Å². The van der Waals surface area contributed by atoms with E-state index in [4.69, 9.17) is 9.47 Å². The molecule has 3 rings (SSSR count). The van der Waals surface area contributed by atoms with Crippen LogP contribution in [0.25, 0.3) is 0 Å². The second-order valence-electron chi connectivity index (χ2n) is 6.52. The van der Waals surface area contributed by atoms with Crippen molar-refractivity contribution >= 4 is 5.91 Å². The number of ether oxygens (including phenoxy) is 2. The largest absolute Gasteiger partial charge is 0.486 e. The molecule has 1 atom stereocenters. The van der Waals surface area contributed by atoms with Gasteiger partial charge < -0.3 is 19.7 Å². The molecule has 0 radical (unpaired) electrons. The van der Waals surface area contributed by atoms with Gasteiger partial charge in [0.1, 0.15) is 13.2 Å². The monoisotopic (exact) mass is 318 g/mol. The van der Waals surface area contributed by atoms with E-state index in [1.807, 2.05) is 0 Å². The van der Waals surface area contributed by atoms with E-state index >= 15 is 0 Å². The summed E-state index contributed by atoms with van der Waals surface area (Å²) in [6.07, 6.45) is 3.63. The maximum Gasteiger partial charge on any atom is 0.251 e. The van der Waals surface area contributed by atoms with Crippen molar-refractivity contribution in [2.75, 3.05) is 39.4 Å². The molecule has 2 heterocycles. The number of fused-ring (bicyclic) bond motifs is 1. The highest BCUT2D eigenvalue weighted by atomic mass is 16.6. The third-order valence-electron chi connectivity index (χ3n) is 4.48. The summed E-state index contributed by atoms with van der Waals surface area (Å²) in [5.74, 6) is 2.13. The number of amides is 1. The number of likely N-dealkylation sites (tertiary alicyclic amines) is 1. The van der Waals surface area contributed by atoms with E-state index in [0.717, 1.165) is 18.9 Å². The summed E-state index contributed by atoms with van der Waals surface area (Å²) in [4.78, 5) is 14.7. The second-order valence-corrected chi connectivity index (χ2v) is 6.52. The molecule has 1 saturated heterocycles. The van der Waals surface area contributed by atoms with Crippen molar-refractivity contribution in [2.24, 2.45) is 5.92 Å². The van der Waals surface area contributed by atoms with Crippen LogP contribution in [0, 0.1) is 5.92 Å². The van der Waals surface area contributed by atoms with E-state index in [1.54, 1.807) is 18.2 Å². The van der Waals surface area contributed by atoms with Crippen LogP contribution in [0.2, 0.25) is 0 Å². The number of carbonyl (C=O) groups excluding carboxylic acids is 1. The molecule has 5 nitrogen and oxygen atoms in total. The van der Waals surface area contributed by atoms with Gasteiger partial charge in [-0.1, -0.05) is 6.92 Å². The lowest BCUT2D eigenvalue weighted by Crippen LogP contribution is -2.36. The van der Waals surface area contributed by atoms with Gasteiger partial charge in [0.2, 0.25) is 0 Å². The second kappa shape index (κ2) is 7.68. The average Bonchev–Trinajstić information content (AvgIpc) is 2.58. The SMILES string of the molecule is C[C@H]1CCCN(CCCNC(=O)c2ccc3c(c2)OCCO3)C1. The van der Waals surface area contributed by atoms with Crippen molar-refractivity contribution in [1.82, 2.24) is 10.2 Å². The zero-order chi connectivity index (χ0) is 16.1. The fraction of sp³-hybridized carbons (Fsp3) is 0.611. The van der Waals surface area contributed by atoms with Crippen molar-refractivity contribution in [3.8, 4) is 11.5 Å². The third kappa shape index (κ3) is 4.38. The molecular weight excluding hydrogens is 292 g/mol. The molecule has 126 valence electrons. The molecule has 1 N–H and O–H groups in total. The molecule has 0 unspecified atom stereocenters. The number of hydrogen-bond donors (Lipinski definition) is 1. The van der Waals surface area contributed by atoms with Gasteiger partial charge in [-0.2, -0.15) is 0 Å². The Morgan fingerprint density at radius 2 is 2.13 bits per heavy atom. The lowest BCUT2D eigenvalue weighted by atomic mass is 10.0. The first-order valence-corrected chi connectivity index (χ1v) is 8.62. The summed E-state index contributed by atoms with van der Waals surface area (Å²) in [5.41, 5.74) is 0.626. The summed E-state index contributed by atoms with van der Waals surface area (Å²) >= 11 is 0. The fourth-order valence-electron chi connectivity index (χ4n) is 3.28. The minimum atomic E-state index is -0.0472. The van der Waals surface area contributed by atoms with Crippen LogP contribution in [0.5, 0.6) is 11.5 Å². The normalized spacial score (nSPS) is 21.0. The predicted octanol–water partition coefficient (Wildman–Crippen LogP) is 2.31. The molecule has 0 spiro atoms. The maximum absolute atomic E-state index is 12.2. The Kier molecular flexibility index (Phi) is 5.39. The molecule has 1 aromatic rings. The summed E-state index contributed by atoms with van der Waals surface area (Å²) in [6.45, 7) is 7.57. The van der Waals surface area contributed by atoms with Gasteiger partial charge in [-0.3, -0.25) is 4.79 Å². The van der Waals surface area contributed by atoms with Crippen LogP contribution in [-0.4, -0.2) is 50.2 Å². The maximum atomic E-state index is 12.2. The number of carbonyl (C=O) groups is 1. The van der Waals surface area contributed by atoms with Crippen LogP contribution in [0.1, 0.15) is 36.5 Å². The molecule has 23 heavy (non-hydrogen) atoms. The third-order valence-corrected chi connectivity index (χ3v) is 4.48. The molecular formula is C18H26N2O3. The highest BCUT2D eigenvalue weighted by Gasteiger charge is 2.16. The Hall–Kier alpha value is -1.75. The van der Waals surface area contributed by atoms with E-state index in [1.165, 1.54) is 25.9 Å². The molecule has 0 bridgehead atoms. The Balaban J connectivity index is 1.42. The van der Waals surface area contributed by atoms with Crippen molar-refractivity contribution in [3.63, 3.8) is 0 Å². The minimum absolute atomic E-state index is 0.0472. The Morgan fingerprint density at radius 3 is 2.96 bits per heavy atom. The zero-order valence-corrected chi connectivity index (χ0v) is 13.8. The van der Waals surface area contributed by atoms with Crippen LogP contribution in [0.3, 0.4) is 0 Å². The van der Waals surface area contributed by atoms with Gasteiger partial charge in [-0.25, -0.2) is 0 Å². The number of piperidine rings is 1. The van der Waals surface area contributed by atoms with Crippen LogP contribution in [0.4, 0.5) is 0 Å². The van der Waals surface area contributed by atoms with Crippen molar-refractivity contribution in [2.45, 2.75) is 26.2 Å². The Bertz CT molecular complexity index is 547. The van der Waals surface area contributed by atoms with E-state index < -0.39 is 0 Å². The number of hydrogen-bond acceptors (Lipinski definition) is 4. The first kappa shape index (κ1) is 16.1. The van der Waals surface area contributed by atoms with Gasteiger partial charge >= 0.3 is 0 Å². The van der Waals surface area contributed by atoms with Gasteiger partial charge in [-0.05, 0) is 56.5 Å². The van der Waals surface area contributed by atoms with E-state index in [2.05, 4.69) is 17.1 Å². The summed E-state index contributed by atoms with van der Waals surface area (Å²) in [6, 6.07) is 5.35. The van der Waals surface area contributed by atoms with Crippen LogP contribution < -0.4 is 14.8 Å². The molecule has 2 aliphatic heterocycles.